The van der Waals surface area contributed by atoms with Crippen LogP contribution >= 0.6 is 11.6 Å². The third kappa shape index (κ3) is 5.30. The average molecular weight is 323 g/mol. The molecule has 3 nitrogen and oxygen atoms in total. The van der Waals surface area contributed by atoms with Gasteiger partial charge in [0.05, 0.1) is 0 Å². The highest BCUT2D eigenvalue weighted by molar-refractivity contribution is 6.30. The van der Waals surface area contributed by atoms with Crippen LogP contribution in [0.4, 0.5) is 4.39 Å². The molecule has 0 saturated carbocycles. The Morgan fingerprint density at radius 2 is 1.86 bits per heavy atom. The van der Waals surface area contributed by atoms with Gasteiger partial charge in [-0.25, -0.2) is 4.39 Å². The third-order valence-electron chi connectivity index (χ3n) is 3.15. The molecular formula is C17H20ClFN2O. The molecule has 0 heterocycles. The molecule has 2 aromatic carbocycles. The molecule has 0 amide bonds. The van der Waals surface area contributed by atoms with Gasteiger partial charge in [0.15, 0.2) is 11.6 Å². The second-order valence-electron chi connectivity index (χ2n) is 4.95. The molecule has 0 spiro atoms. The topological polar surface area (TPSA) is 33.3 Å². The first-order valence-electron chi connectivity index (χ1n) is 7.26. The summed E-state index contributed by atoms with van der Waals surface area (Å²) in [5, 5.41) is 6.98. The van der Waals surface area contributed by atoms with Gasteiger partial charge in [-0.15, -0.1) is 0 Å². The van der Waals surface area contributed by atoms with Crippen LogP contribution in [0.25, 0.3) is 0 Å². The smallest absolute Gasteiger partial charge is 0.166 e. The van der Waals surface area contributed by atoms with Crippen LogP contribution in [0.1, 0.15) is 12.0 Å². The zero-order valence-electron chi connectivity index (χ0n) is 12.5. The molecule has 0 bridgehead atoms. The van der Waals surface area contributed by atoms with E-state index in [0.29, 0.717) is 17.3 Å². The van der Waals surface area contributed by atoms with E-state index in [1.165, 1.54) is 6.07 Å². The molecule has 5 heteroatoms. The number of benzene rings is 2. The minimum Gasteiger partial charge on any atom is -0.454 e. The molecule has 0 saturated heterocycles. The maximum absolute atomic E-state index is 14.1. The number of nitrogens with one attached hydrogen (secondary N) is 2. The Morgan fingerprint density at radius 1 is 1.09 bits per heavy atom. The van der Waals surface area contributed by atoms with E-state index in [1.807, 2.05) is 13.1 Å². The fourth-order valence-corrected chi connectivity index (χ4v) is 2.12. The van der Waals surface area contributed by atoms with Crippen LogP contribution < -0.4 is 15.4 Å². The van der Waals surface area contributed by atoms with Crippen LogP contribution in [-0.4, -0.2) is 20.1 Å². The number of hydrogen-bond donors (Lipinski definition) is 2. The van der Waals surface area contributed by atoms with Crippen molar-refractivity contribution in [2.24, 2.45) is 0 Å². The molecule has 0 radical (unpaired) electrons. The van der Waals surface area contributed by atoms with E-state index < -0.39 is 0 Å². The van der Waals surface area contributed by atoms with Crippen molar-refractivity contribution in [1.82, 2.24) is 10.6 Å². The summed E-state index contributed by atoms with van der Waals surface area (Å²) in [7, 11) is 1.93. The SMILES string of the molecule is CNCCCNCc1ccc(Oc2ccc(Cl)cc2)c(F)c1. The summed E-state index contributed by atoms with van der Waals surface area (Å²) in [6.45, 7) is 2.50. The highest BCUT2D eigenvalue weighted by Crippen LogP contribution is 2.26. The fourth-order valence-electron chi connectivity index (χ4n) is 1.99. The standard InChI is InChI=1S/C17H20ClFN2O/c1-20-9-2-10-21-12-13-3-8-17(16(19)11-13)22-15-6-4-14(18)5-7-15/h3-8,11,20-21H,2,9-10,12H2,1H3. The third-order valence-corrected chi connectivity index (χ3v) is 3.40. The largest absolute Gasteiger partial charge is 0.454 e. The molecule has 0 aromatic heterocycles. The van der Waals surface area contributed by atoms with Gasteiger partial charge in [-0.05, 0) is 68.5 Å². The first kappa shape index (κ1) is 16.7. The molecule has 2 N–H and O–H groups in total. The Morgan fingerprint density at radius 3 is 2.55 bits per heavy atom. The molecule has 0 aliphatic rings. The maximum Gasteiger partial charge on any atom is 0.166 e. The summed E-state index contributed by atoms with van der Waals surface area (Å²) in [6.07, 6.45) is 1.04. The normalized spacial score (nSPS) is 10.7. The summed E-state index contributed by atoms with van der Waals surface area (Å²) in [5.41, 5.74) is 0.894. The van der Waals surface area contributed by atoms with Crippen molar-refractivity contribution in [2.45, 2.75) is 13.0 Å². The van der Waals surface area contributed by atoms with Crippen molar-refractivity contribution in [3.8, 4) is 11.5 Å². The molecule has 0 atom stereocenters. The van der Waals surface area contributed by atoms with Crippen molar-refractivity contribution in [2.75, 3.05) is 20.1 Å². The minimum absolute atomic E-state index is 0.209. The van der Waals surface area contributed by atoms with Crippen LogP contribution in [0.15, 0.2) is 42.5 Å². The van der Waals surface area contributed by atoms with Gasteiger partial charge in [0, 0.05) is 11.6 Å². The Balaban J connectivity index is 1.90. The summed E-state index contributed by atoms with van der Waals surface area (Å²) in [4.78, 5) is 0. The lowest BCUT2D eigenvalue weighted by atomic mass is 10.2. The summed E-state index contributed by atoms with van der Waals surface area (Å²) < 4.78 is 19.6. The zero-order valence-corrected chi connectivity index (χ0v) is 13.3. The number of rotatable bonds is 8. The molecule has 2 aromatic rings. The summed E-state index contributed by atoms with van der Waals surface area (Å²) in [6, 6.07) is 11.8. The highest BCUT2D eigenvalue weighted by Gasteiger charge is 2.06. The van der Waals surface area contributed by atoms with Gasteiger partial charge in [-0.1, -0.05) is 17.7 Å². The van der Waals surface area contributed by atoms with Gasteiger partial charge < -0.3 is 15.4 Å². The molecule has 0 unspecified atom stereocenters. The molecule has 0 aliphatic heterocycles. The van der Waals surface area contributed by atoms with Crippen molar-refractivity contribution >= 4 is 11.6 Å². The molecule has 118 valence electrons. The second-order valence-corrected chi connectivity index (χ2v) is 5.39. The Kier molecular flexibility index (Phi) is 6.65. The van der Waals surface area contributed by atoms with Crippen molar-refractivity contribution in [1.29, 1.82) is 0 Å². The van der Waals surface area contributed by atoms with Crippen LogP contribution in [-0.2, 0) is 6.54 Å². The minimum atomic E-state index is -0.371. The first-order chi connectivity index (χ1) is 10.7. The Labute approximate surface area is 135 Å². The molecule has 2 rings (SSSR count). The number of halogens is 2. The lowest BCUT2D eigenvalue weighted by Gasteiger charge is -2.09. The highest BCUT2D eigenvalue weighted by atomic mass is 35.5. The first-order valence-corrected chi connectivity index (χ1v) is 7.64. The van der Waals surface area contributed by atoms with Gasteiger partial charge >= 0.3 is 0 Å². The van der Waals surface area contributed by atoms with E-state index in [2.05, 4.69) is 10.6 Å². The lowest BCUT2D eigenvalue weighted by Crippen LogP contribution is -2.19. The van der Waals surface area contributed by atoms with Crippen LogP contribution in [0.5, 0.6) is 11.5 Å². The number of hydrogen-bond acceptors (Lipinski definition) is 3. The van der Waals surface area contributed by atoms with E-state index in [4.69, 9.17) is 16.3 Å². The van der Waals surface area contributed by atoms with Gasteiger partial charge in [0.25, 0.3) is 0 Å². The zero-order chi connectivity index (χ0) is 15.8. The van der Waals surface area contributed by atoms with E-state index in [9.17, 15) is 4.39 Å². The summed E-state index contributed by atoms with van der Waals surface area (Å²) >= 11 is 5.81. The van der Waals surface area contributed by atoms with Gasteiger partial charge in [0.2, 0.25) is 0 Å². The van der Waals surface area contributed by atoms with E-state index in [0.717, 1.165) is 25.1 Å². The van der Waals surface area contributed by atoms with Crippen molar-refractivity contribution in [3.63, 3.8) is 0 Å². The quantitative estimate of drug-likeness (QED) is 0.721. The average Bonchev–Trinajstić information content (AvgIpc) is 2.52. The van der Waals surface area contributed by atoms with Crippen LogP contribution in [0, 0.1) is 5.82 Å². The maximum atomic E-state index is 14.1. The van der Waals surface area contributed by atoms with Gasteiger partial charge in [0.1, 0.15) is 5.75 Å². The van der Waals surface area contributed by atoms with Crippen LogP contribution in [0.2, 0.25) is 5.02 Å². The van der Waals surface area contributed by atoms with E-state index in [1.54, 1.807) is 30.3 Å². The molecule has 0 aliphatic carbocycles. The van der Waals surface area contributed by atoms with E-state index >= 15 is 0 Å². The van der Waals surface area contributed by atoms with Crippen LogP contribution in [0.3, 0.4) is 0 Å². The Hall–Kier alpha value is -1.62. The van der Waals surface area contributed by atoms with Crippen molar-refractivity contribution < 1.29 is 9.13 Å². The predicted molar refractivity (Wildman–Crippen MR) is 88.2 cm³/mol. The monoisotopic (exact) mass is 322 g/mol. The van der Waals surface area contributed by atoms with Crippen molar-refractivity contribution in [3.05, 3.63) is 58.9 Å². The molecule has 0 fully saturated rings. The second kappa shape index (κ2) is 8.73. The summed E-state index contributed by atoms with van der Waals surface area (Å²) in [5.74, 6) is 0.395. The Bertz CT molecular complexity index is 590. The predicted octanol–water partition coefficient (Wildman–Crippen LogP) is 3.97. The fraction of sp³-hybridized carbons (Fsp3) is 0.294. The number of ether oxygens (including phenoxy) is 1. The molecule has 22 heavy (non-hydrogen) atoms. The molecular weight excluding hydrogens is 303 g/mol. The van der Waals surface area contributed by atoms with E-state index in [-0.39, 0.29) is 11.6 Å². The lowest BCUT2D eigenvalue weighted by molar-refractivity contribution is 0.441. The van der Waals surface area contributed by atoms with Gasteiger partial charge in [-0.3, -0.25) is 0 Å². The van der Waals surface area contributed by atoms with Gasteiger partial charge in [-0.2, -0.15) is 0 Å².